The molecule has 0 atom stereocenters. The van der Waals surface area contributed by atoms with Crippen molar-refractivity contribution in [3.63, 3.8) is 0 Å². The maximum absolute atomic E-state index is 12.5. The number of anilines is 1. The van der Waals surface area contributed by atoms with Crippen molar-refractivity contribution < 1.29 is 4.79 Å². The number of carbonyl (C=O) groups is 1. The molecule has 0 fully saturated rings. The van der Waals surface area contributed by atoms with E-state index in [-0.39, 0.29) is 12.5 Å². The lowest BCUT2D eigenvalue weighted by molar-refractivity contribution is -0.116. The zero-order valence-electron chi connectivity index (χ0n) is 14.5. The van der Waals surface area contributed by atoms with E-state index in [2.05, 4.69) is 15.5 Å². The minimum absolute atomic E-state index is 0.103. The SMILES string of the molecule is Cc1ccc(-c2n[nH]c(=S)n2CC(=O)Nc2cc(C)ccc2C)cc1. The molecule has 0 saturated carbocycles. The molecule has 1 amide bonds. The Morgan fingerprint density at radius 3 is 2.52 bits per heavy atom. The molecule has 0 spiro atoms. The lowest BCUT2D eigenvalue weighted by atomic mass is 10.1. The van der Waals surface area contributed by atoms with Crippen LogP contribution in [-0.4, -0.2) is 20.7 Å². The van der Waals surface area contributed by atoms with Crippen molar-refractivity contribution in [1.29, 1.82) is 0 Å². The molecular weight excluding hydrogens is 332 g/mol. The Kier molecular flexibility index (Phi) is 4.81. The van der Waals surface area contributed by atoms with Crippen molar-refractivity contribution in [3.8, 4) is 11.4 Å². The summed E-state index contributed by atoms with van der Waals surface area (Å²) in [6.07, 6.45) is 0. The van der Waals surface area contributed by atoms with Crippen LogP contribution in [0.15, 0.2) is 42.5 Å². The van der Waals surface area contributed by atoms with Gasteiger partial charge in [0.1, 0.15) is 6.54 Å². The highest BCUT2D eigenvalue weighted by molar-refractivity contribution is 7.71. The minimum atomic E-state index is -0.139. The first-order valence-corrected chi connectivity index (χ1v) is 8.44. The highest BCUT2D eigenvalue weighted by atomic mass is 32.1. The fourth-order valence-electron chi connectivity index (χ4n) is 2.59. The Balaban J connectivity index is 1.84. The number of H-pyrrole nitrogens is 1. The fourth-order valence-corrected chi connectivity index (χ4v) is 2.79. The van der Waals surface area contributed by atoms with Crippen LogP contribution < -0.4 is 5.32 Å². The second kappa shape index (κ2) is 7.03. The van der Waals surface area contributed by atoms with Crippen molar-refractivity contribution in [2.45, 2.75) is 27.3 Å². The Morgan fingerprint density at radius 2 is 1.80 bits per heavy atom. The molecule has 128 valence electrons. The molecule has 1 heterocycles. The second-order valence-corrected chi connectivity index (χ2v) is 6.56. The van der Waals surface area contributed by atoms with Gasteiger partial charge in [-0.3, -0.25) is 14.5 Å². The van der Waals surface area contributed by atoms with Crippen molar-refractivity contribution in [2.75, 3.05) is 5.32 Å². The van der Waals surface area contributed by atoms with Gasteiger partial charge in [0.15, 0.2) is 10.6 Å². The molecule has 2 N–H and O–H groups in total. The average Bonchev–Trinajstić information content (AvgIpc) is 2.93. The number of rotatable bonds is 4. The average molecular weight is 352 g/mol. The van der Waals surface area contributed by atoms with Gasteiger partial charge in [-0.05, 0) is 50.2 Å². The molecule has 0 bridgehead atoms. The summed E-state index contributed by atoms with van der Waals surface area (Å²) in [5.41, 5.74) is 5.01. The lowest BCUT2D eigenvalue weighted by Crippen LogP contribution is -2.20. The maximum Gasteiger partial charge on any atom is 0.244 e. The molecule has 6 heteroatoms. The predicted molar refractivity (Wildman–Crippen MR) is 102 cm³/mol. The van der Waals surface area contributed by atoms with Crippen LogP contribution in [0, 0.1) is 25.5 Å². The summed E-state index contributed by atoms with van der Waals surface area (Å²) in [6, 6.07) is 13.9. The van der Waals surface area contributed by atoms with Crippen molar-refractivity contribution in [3.05, 3.63) is 63.9 Å². The third-order valence-electron chi connectivity index (χ3n) is 4.04. The first-order valence-electron chi connectivity index (χ1n) is 8.03. The Labute approximate surface area is 151 Å². The number of aromatic amines is 1. The molecule has 3 rings (SSSR count). The summed E-state index contributed by atoms with van der Waals surface area (Å²) in [5, 5.41) is 10.0. The summed E-state index contributed by atoms with van der Waals surface area (Å²) in [4.78, 5) is 12.5. The van der Waals surface area contributed by atoms with Crippen LogP contribution in [0.3, 0.4) is 0 Å². The van der Waals surface area contributed by atoms with E-state index in [1.54, 1.807) is 4.57 Å². The summed E-state index contributed by atoms with van der Waals surface area (Å²) in [5.74, 6) is 0.515. The number of nitrogens with zero attached hydrogens (tertiary/aromatic N) is 2. The van der Waals surface area contributed by atoms with E-state index in [4.69, 9.17) is 12.2 Å². The molecule has 25 heavy (non-hydrogen) atoms. The van der Waals surface area contributed by atoms with Crippen molar-refractivity contribution in [1.82, 2.24) is 14.8 Å². The molecule has 0 aliphatic heterocycles. The fraction of sp³-hybridized carbons (Fsp3) is 0.211. The summed E-state index contributed by atoms with van der Waals surface area (Å²) in [7, 11) is 0. The van der Waals surface area contributed by atoms with Gasteiger partial charge in [-0.2, -0.15) is 5.10 Å². The largest absolute Gasteiger partial charge is 0.324 e. The molecular formula is C19H20N4OS. The van der Waals surface area contributed by atoms with E-state index in [1.165, 1.54) is 0 Å². The number of aromatic nitrogens is 3. The molecule has 0 unspecified atom stereocenters. The number of aryl methyl sites for hydroxylation is 3. The number of nitrogens with one attached hydrogen (secondary N) is 2. The number of carbonyl (C=O) groups excluding carboxylic acids is 1. The standard InChI is InChI=1S/C19H20N4OS/c1-12-5-8-15(9-6-12)18-21-22-19(25)23(18)11-17(24)20-16-10-13(2)4-7-14(16)3/h4-10H,11H2,1-3H3,(H,20,24)(H,22,25). The smallest absolute Gasteiger partial charge is 0.244 e. The van der Waals surface area contributed by atoms with Crippen LogP contribution in [0.1, 0.15) is 16.7 Å². The van der Waals surface area contributed by atoms with E-state index in [0.29, 0.717) is 10.6 Å². The summed E-state index contributed by atoms with van der Waals surface area (Å²) >= 11 is 5.29. The first kappa shape index (κ1) is 17.1. The number of hydrogen-bond donors (Lipinski definition) is 2. The van der Waals surface area contributed by atoms with Crippen molar-refractivity contribution >= 4 is 23.8 Å². The highest BCUT2D eigenvalue weighted by Gasteiger charge is 2.13. The van der Waals surface area contributed by atoms with Crippen LogP contribution in [0.4, 0.5) is 5.69 Å². The topological polar surface area (TPSA) is 62.7 Å². The molecule has 1 aromatic heterocycles. The monoisotopic (exact) mass is 352 g/mol. The van der Waals surface area contributed by atoms with Crippen LogP contribution in [-0.2, 0) is 11.3 Å². The van der Waals surface area contributed by atoms with E-state index >= 15 is 0 Å². The van der Waals surface area contributed by atoms with Gasteiger partial charge >= 0.3 is 0 Å². The number of amides is 1. The van der Waals surface area contributed by atoms with Gasteiger partial charge in [0.25, 0.3) is 0 Å². The lowest BCUT2D eigenvalue weighted by Gasteiger charge is -2.11. The molecule has 0 aliphatic carbocycles. The Hall–Kier alpha value is -2.73. The zero-order chi connectivity index (χ0) is 18.0. The van der Waals surface area contributed by atoms with E-state index in [0.717, 1.165) is 27.9 Å². The van der Waals surface area contributed by atoms with Gasteiger partial charge in [0, 0.05) is 11.3 Å². The van der Waals surface area contributed by atoms with Gasteiger partial charge in [-0.25, -0.2) is 0 Å². The number of hydrogen-bond acceptors (Lipinski definition) is 3. The van der Waals surface area contributed by atoms with Crippen LogP contribution in [0.5, 0.6) is 0 Å². The molecule has 2 aromatic carbocycles. The molecule has 0 saturated heterocycles. The third-order valence-corrected chi connectivity index (χ3v) is 4.35. The van der Waals surface area contributed by atoms with E-state index < -0.39 is 0 Å². The maximum atomic E-state index is 12.5. The molecule has 0 radical (unpaired) electrons. The molecule has 3 aromatic rings. The van der Waals surface area contributed by atoms with Crippen LogP contribution in [0.25, 0.3) is 11.4 Å². The summed E-state index contributed by atoms with van der Waals surface area (Å²) in [6.45, 7) is 6.09. The third kappa shape index (κ3) is 3.85. The van der Waals surface area contributed by atoms with E-state index in [9.17, 15) is 4.79 Å². The summed E-state index contributed by atoms with van der Waals surface area (Å²) < 4.78 is 2.13. The quantitative estimate of drug-likeness (QED) is 0.693. The van der Waals surface area contributed by atoms with Crippen molar-refractivity contribution in [2.24, 2.45) is 0 Å². The van der Waals surface area contributed by atoms with Crippen LogP contribution in [0.2, 0.25) is 0 Å². The normalized spacial score (nSPS) is 10.7. The zero-order valence-corrected chi connectivity index (χ0v) is 15.3. The van der Waals surface area contributed by atoms with Gasteiger partial charge in [-0.1, -0.05) is 42.0 Å². The highest BCUT2D eigenvalue weighted by Crippen LogP contribution is 2.19. The molecule has 5 nitrogen and oxygen atoms in total. The van der Waals surface area contributed by atoms with Gasteiger partial charge in [-0.15, -0.1) is 0 Å². The Morgan fingerprint density at radius 1 is 1.12 bits per heavy atom. The van der Waals surface area contributed by atoms with Crippen LogP contribution >= 0.6 is 12.2 Å². The minimum Gasteiger partial charge on any atom is -0.324 e. The van der Waals surface area contributed by atoms with Gasteiger partial charge in [0.05, 0.1) is 0 Å². The predicted octanol–water partition coefficient (Wildman–Crippen LogP) is 4.17. The first-order chi connectivity index (χ1) is 11.9. The van der Waals surface area contributed by atoms with Gasteiger partial charge in [0.2, 0.25) is 5.91 Å². The number of benzene rings is 2. The Bertz CT molecular complexity index is 970. The molecule has 0 aliphatic rings. The van der Waals surface area contributed by atoms with Gasteiger partial charge < -0.3 is 5.32 Å². The second-order valence-electron chi connectivity index (χ2n) is 6.17. The van der Waals surface area contributed by atoms with E-state index in [1.807, 2.05) is 63.2 Å².